The molecule has 20 heavy (non-hydrogen) atoms. The summed E-state index contributed by atoms with van der Waals surface area (Å²) in [6.07, 6.45) is 2.10. The molecule has 1 unspecified atom stereocenters. The van der Waals surface area contributed by atoms with Gasteiger partial charge in [-0.1, -0.05) is 44.9 Å². The maximum atomic E-state index is 12.2. The van der Waals surface area contributed by atoms with Crippen molar-refractivity contribution < 1.29 is 8.42 Å². The number of benzene rings is 1. The molecule has 5 heteroatoms. The predicted octanol–water partition coefficient (Wildman–Crippen LogP) is 2.33. The van der Waals surface area contributed by atoms with E-state index in [2.05, 4.69) is 23.5 Å². The molecular weight excluding hydrogens is 272 g/mol. The molecule has 1 N–H and O–H groups in total. The van der Waals surface area contributed by atoms with E-state index in [9.17, 15) is 8.42 Å². The molecule has 0 amide bonds. The van der Waals surface area contributed by atoms with Crippen LogP contribution in [-0.4, -0.2) is 40.0 Å². The van der Waals surface area contributed by atoms with Gasteiger partial charge in [-0.05, 0) is 32.1 Å². The Labute approximate surface area is 123 Å². The van der Waals surface area contributed by atoms with Gasteiger partial charge >= 0.3 is 0 Å². The largest absolute Gasteiger partial charge is 0.305 e. The molecule has 0 aliphatic heterocycles. The average molecular weight is 298 g/mol. The third kappa shape index (κ3) is 4.58. The highest BCUT2D eigenvalue weighted by Gasteiger charge is 2.23. The fourth-order valence-electron chi connectivity index (χ4n) is 2.48. The summed E-state index contributed by atoms with van der Waals surface area (Å²) in [4.78, 5) is 2.42. The summed E-state index contributed by atoms with van der Waals surface area (Å²) in [7, 11) is 0.584. The first-order valence-electron chi connectivity index (χ1n) is 7.13. The summed E-state index contributed by atoms with van der Waals surface area (Å²) in [6, 6.07) is 8.72. The van der Waals surface area contributed by atoms with Crippen LogP contribution in [-0.2, 0) is 10.0 Å². The first-order chi connectivity index (χ1) is 9.42. The van der Waals surface area contributed by atoms with Gasteiger partial charge in [0, 0.05) is 12.6 Å². The van der Waals surface area contributed by atoms with Crippen molar-refractivity contribution in [3.8, 4) is 0 Å². The Kier molecular flexibility index (Phi) is 6.65. The van der Waals surface area contributed by atoms with Crippen LogP contribution < -0.4 is 4.72 Å². The van der Waals surface area contributed by atoms with E-state index in [-0.39, 0.29) is 6.04 Å². The second-order valence-electron chi connectivity index (χ2n) is 5.27. The molecule has 0 aromatic heterocycles. The number of rotatable bonds is 8. The van der Waals surface area contributed by atoms with Crippen LogP contribution in [0, 0.1) is 5.92 Å². The minimum absolute atomic E-state index is 0.212. The van der Waals surface area contributed by atoms with Crippen molar-refractivity contribution in [2.75, 3.05) is 20.6 Å². The van der Waals surface area contributed by atoms with Gasteiger partial charge in [-0.15, -0.1) is 0 Å². The highest BCUT2D eigenvalue weighted by molar-refractivity contribution is 7.89. The molecule has 0 fully saturated rings. The molecule has 0 saturated carbocycles. The Morgan fingerprint density at radius 2 is 1.65 bits per heavy atom. The Morgan fingerprint density at radius 3 is 2.10 bits per heavy atom. The predicted molar refractivity (Wildman–Crippen MR) is 83.2 cm³/mol. The van der Waals surface area contributed by atoms with Gasteiger partial charge in [0.2, 0.25) is 10.0 Å². The summed E-state index contributed by atoms with van der Waals surface area (Å²) in [5.74, 6) is 0.489. The van der Waals surface area contributed by atoms with Crippen molar-refractivity contribution in [1.82, 2.24) is 9.62 Å². The zero-order valence-corrected chi connectivity index (χ0v) is 13.7. The number of nitrogens with one attached hydrogen (secondary N) is 1. The molecule has 1 aromatic carbocycles. The highest BCUT2D eigenvalue weighted by atomic mass is 32.2. The first kappa shape index (κ1) is 17.1. The van der Waals surface area contributed by atoms with E-state index >= 15 is 0 Å². The molecule has 1 atom stereocenters. The van der Waals surface area contributed by atoms with E-state index in [1.807, 2.05) is 20.2 Å². The quantitative estimate of drug-likeness (QED) is 0.801. The molecule has 0 aliphatic rings. The zero-order valence-electron chi connectivity index (χ0n) is 12.8. The Hall–Kier alpha value is -0.910. The molecule has 0 radical (unpaired) electrons. The lowest BCUT2D eigenvalue weighted by Crippen LogP contribution is -2.44. The van der Waals surface area contributed by atoms with Gasteiger partial charge in [0.05, 0.1) is 4.90 Å². The number of nitrogens with zero attached hydrogens (tertiary/aromatic N) is 1. The van der Waals surface area contributed by atoms with Crippen LogP contribution in [0.2, 0.25) is 0 Å². The molecular formula is C15H26N2O2S. The molecule has 114 valence electrons. The van der Waals surface area contributed by atoms with E-state index in [1.54, 1.807) is 24.3 Å². The monoisotopic (exact) mass is 298 g/mol. The van der Waals surface area contributed by atoms with Crippen LogP contribution >= 0.6 is 0 Å². The summed E-state index contributed by atoms with van der Waals surface area (Å²) in [5.41, 5.74) is 0. The van der Waals surface area contributed by atoms with Crippen molar-refractivity contribution in [1.29, 1.82) is 0 Å². The molecule has 4 nitrogen and oxygen atoms in total. The summed E-state index contributed by atoms with van der Waals surface area (Å²) < 4.78 is 27.2. The topological polar surface area (TPSA) is 49.4 Å². The Morgan fingerprint density at radius 1 is 1.10 bits per heavy atom. The van der Waals surface area contributed by atoms with Crippen LogP contribution in [0.1, 0.15) is 26.7 Å². The molecule has 0 aliphatic carbocycles. The second-order valence-corrected chi connectivity index (χ2v) is 7.04. The Bertz CT molecular complexity index is 482. The van der Waals surface area contributed by atoms with Gasteiger partial charge in [-0.25, -0.2) is 13.1 Å². The normalized spacial score (nSPS) is 13.9. The van der Waals surface area contributed by atoms with Gasteiger partial charge in [-0.2, -0.15) is 0 Å². The van der Waals surface area contributed by atoms with Crippen molar-refractivity contribution in [2.24, 2.45) is 5.92 Å². The molecule has 0 spiro atoms. The van der Waals surface area contributed by atoms with Crippen LogP contribution in [0.25, 0.3) is 0 Å². The first-order valence-corrected chi connectivity index (χ1v) is 8.61. The number of sulfonamides is 1. The maximum Gasteiger partial charge on any atom is 0.240 e. The summed E-state index contributed by atoms with van der Waals surface area (Å²) >= 11 is 0. The zero-order chi connectivity index (χ0) is 15.2. The van der Waals surface area contributed by atoms with E-state index < -0.39 is 10.0 Å². The van der Waals surface area contributed by atoms with Gasteiger partial charge < -0.3 is 4.90 Å². The molecule has 0 heterocycles. The van der Waals surface area contributed by atoms with Crippen LogP contribution in [0.15, 0.2) is 35.2 Å². The standard InChI is InChI=1S/C15H26N2O2S/c1-5-13(6-2)15(17(3)4)12-16-20(18,19)14-10-8-7-9-11-14/h7-11,13,15-16H,5-6,12H2,1-4H3. The van der Waals surface area contributed by atoms with E-state index in [0.29, 0.717) is 17.4 Å². The van der Waals surface area contributed by atoms with E-state index in [4.69, 9.17) is 0 Å². The lowest BCUT2D eigenvalue weighted by molar-refractivity contribution is 0.201. The Balaban J connectivity index is 2.77. The third-order valence-electron chi connectivity index (χ3n) is 3.79. The maximum absolute atomic E-state index is 12.2. The van der Waals surface area contributed by atoms with E-state index in [0.717, 1.165) is 12.8 Å². The molecule has 0 saturated heterocycles. The van der Waals surface area contributed by atoms with Crippen molar-refractivity contribution >= 4 is 10.0 Å². The molecule has 1 rings (SSSR count). The minimum Gasteiger partial charge on any atom is -0.305 e. The minimum atomic E-state index is -3.42. The van der Waals surface area contributed by atoms with Gasteiger partial charge in [0.15, 0.2) is 0 Å². The third-order valence-corrected chi connectivity index (χ3v) is 5.23. The van der Waals surface area contributed by atoms with Gasteiger partial charge in [-0.3, -0.25) is 0 Å². The summed E-state index contributed by atoms with van der Waals surface area (Å²) in [5, 5.41) is 0. The van der Waals surface area contributed by atoms with Crippen LogP contribution in [0.4, 0.5) is 0 Å². The van der Waals surface area contributed by atoms with E-state index in [1.165, 1.54) is 0 Å². The van der Waals surface area contributed by atoms with Gasteiger partial charge in [0.1, 0.15) is 0 Å². The lowest BCUT2D eigenvalue weighted by Gasteiger charge is -2.31. The summed E-state index contributed by atoms with van der Waals surface area (Å²) in [6.45, 7) is 4.74. The lowest BCUT2D eigenvalue weighted by atomic mass is 9.93. The smallest absolute Gasteiger partial charge is 0.240 e. The van der Waals surface area contributed by atoms with Crippen molar-refractivity contribution in [3.63, 3.8) is 0 Å². The highest BCUT2D eigenvalue weighted by Crippen LogP contribution is 2.17. The SMILES string of the molecule is CCC(CC)C(CNS(=O)(=O)c1ccccc1)N(C)C. The van der Waals surface area contributed by atoms with Crippen LogP contribution in [0.3, 0.4) is 0 Å². The fourth-order valence-corrected chi connectivity index (χ4v) is 3.55. The van der Waals surface area contributed by atoms with Crippen molar-refractivity contribution in [3.05, 3.63) is 30.3 Å². The number of hydrogen-bond acceptors (Lipinski definition) is 3. The molecule has 1 aromatic rings. The van der Waals surface area contributed by atoms with Gasteiger partial charge in [0.25, 0.3) is 0 Å². The number of hydrogen-bond donors (Lipinski definition) is 1. The fraction of sp³-hybridized carbons (Fsp3) is 0.600. The van der Waals surface area contributed by atoms with Crippen molar-refractivity contribution in [2.45, 2.75) is 37.6 Å². The average Bonchev–Trinajstić information content (AvgIpc) is 2.44. The molecule has 0 bridgehead atoms. The van der Waals surface area contributed by atoms with Crippen LogP contribution in [0.5, 0.6) is 0 Å². The second kappa shape index (κ2) is 7.76. The number of likely N-dealkylation sites (N-methyl/N-ethyl adjacent to an activating group) is 1.